The van der Waals surface area contributed by atoms with Gasteiger partial charge in [0, 0.05) is 5.56 Å². The number of ether oxygens (including phenoxy) is 2. The summed E-state index contributed by atoms with van der Waals surface area (Å²) in [5.74, 6) is -0.389. The highest BCUT2D eigenvalue weighted by molar-refractivity contribution is 5.49. The molecular formula is C11H10F3O2. The summed E-state index contributed by atoms with van der Waals surface area (Å²) in [6.07, 6.45) is -2.26. The van der Waals surface area contributed by atoms with Gasteiger partial charge in [0.1, 0.15) is 0 Å². The van der Waals surface area contributed by atoms with Crippen LogP contribution in [-0.2, 0) is 0 Å². The van der Waals surface area contributed by atoms with Gasteiger partial charge in [0.2, 0.25) is 0 Å². The molecule has 16 heavy (non-hydrogen) atoms. The Labute approximate surface area is 91.3 Å². The van der Waals surface area contributed by atoms with Gasteiger partial charge in [0.25, 0.3) is 0 Å². The highest BCUT2D eigenvalue weighted by atomic mass is 19.4. The number of alkyl halides is 3. The van der Waals surface area contributed by atoms with E-state index in [0.717, 1.165) is 0 Å². The van der Waals surface area contributed by atoms with E-state index in [0.29, 0.717) is 5.56 Å². The molecule has 0 heterocycles. The maximum atomic E-state index is 12.1. The van der Waals surface area contributed by atoms with Gasteiger partial charge < -0.3 is 9.47 Å². The molecule has 87 valence electrons. The molecule has 1 rings (SSSR count). The van der Waals surface area contributed by atoms with Crippen LogP contribution in [0.4, 0.5) is 13.2 Å². The van der Waals surface area contributed by atoms with Crippen molar-refractivity contribution >= 4 is 0 Å². The molecule has 5 heteroatoms. The summed E-state index contributed by atoms with van der Waals surface area (Å²) in [5, 5.41) is 0. The van der Waals surface area contributed by atoms with Crippen LogP contribution in [0.5, 0.6) is 11.5 Å². The van der Waals surface area contributed by atoms with Crippen molar-refractivity contribution < 1.29 is 22.6 Å². The van der Waals surface area contributed by atoms with Crippen molar-refractivity contribution in [1.82, 2.24) is 0 Å². The average Bonchev–Trinajstić information content (AvgIpc) is 2.18. The average molecular weight is 231 g/mol. The highest BCUT2D eigenvalue weighted by Gasteiger charge is 2.32. The lowest BCUT2D eigenvalue weighted by Gasteiger charge is -2.14. The van der Waals surface area contributed by atoms with E-state index in [9.17, 15) is 13.2 Å². The first-order valence-electron chi connectivity index (χ1n) is 4.52. The monoisotopic (exact) mass is 231 g/mol. The van der Waals surface area contributed by atoms with Gasteiger partial charge in [0.15, 0.2) is 11.5 Å². The molecule has 0 aromatic heterocycles. The molecule has 1 radical (unpaired) electrons. The molecule has 0 N–H and O–H groups in total. The Morgan fingerprint density at radius 2 is 2.06 bits per heavy atom. The molecule has 0 aliphatic heterocycles. The second-order valence-corrected chi connectivity index (χ2v) is 2.79. The molecule has 0 spiro atoms. The Bertz CT molecular complexity index is 372. The van der Waals surface area contributed by atoms with Crippen molar-refractivity contribution in [2.45, 2.75) is 13.3 Å². The molecule has 1 aromatic rings. The zero-order chi connectivity index (χ0) is 12.2. The number of benzene rings is 1. The fourth-order valence-electron chi connectivity index (χ4n) is 1.15. The van der Waals surface area contributed by atoms with Gasteiger partial charge in [-0.05, 0) is 19.1 Å². The van der Waals surface area contributed by atoms with E-state index < -0.39 is 6.36 Å². The summed E-state index contributed by atoms with van der Waals surface area (Å²) in [6.45, 7) is 5.26. The lowest BCUT2D eigenvalue weighted by Crippen LogP contribution is -2.18. The molecule has 0 saturated carbocycles. The molecular weight excluding hydrogens is 221 g/mol. The van der Waals surface area contributed by atoms with Gasteiger partial charge >= 0.3 is 6.36 Å². The smallest absolute Gasteiger partial charge is 0.489 e. The Hall–Kier alpha value is -1.65. The van der Waals surface area contributed by atoms with Crippen molar-refractivity contribution in [2.75, 3.05) is 6.61 Å². The minimum atomic E-state index is -4.74. The summed E-state index contributed by atoms with van der Waals surface area (Å²) >= 11 is 0. The van der Waals surface area contributed by atoms with Crippen LogP contribution in [0, 0.1) is 6.08 Å². The molecule has 0 fully saturated rings. The van der Waals surface area contributed by atoms with Crippen LogP contribution >= 0.6 is 0 Å². The largest absolute Gasteiger partial charge is 0.573 e. The van der Waals surface area contributed by atoms with E-state index in [4.69, 9.17) is 4.74 Å². The molecule has 0 unspecified atom stereocenters. The van der Waals surface area contributed by atoms with Crippen LogP contribution in [0.25, 0.3) is 0 Å². The van der Waals surface area contributed by atoms with Crippen LogP contribution in [0.2, 0.25) is 0 Å². The lowest BCUT2D eigenvalue weighted by atomic mass is 10.2. The van der Waals surface area contributed by atoms with Crippen molar-refractivity contribution in [3.8, 4) is 11.5 Å². The lowest BCUT2D eigenvalue weighted by molar-refractivity contribution is -0.275. The van der Waals surface area contributed by atoms with Gasteiger partial charge in [-0.25, -0.2) is 0 Å². The fourth-order valence-corrected chi connectivity index (χ4v) is 1.15. The number of hydrogen-bond donors (Lipinski definition) is 0. The van der Waals surface area contributed by atoms with Gasteiger partial charge in [0.05, 0.1) is 6.61 Å². The fraction of sp³-hybridized carbons (Fsp3) is 0.273. The Kier molecular flexibility index (Phi) is 3.82. The summed E-state index contributed by atoms with van der Waals surface area (Å²) in [6, 6.07) is 4.14. The summed E-state index contributed by atoms with van der Waals surface area (Å²) in [7, 11) is 0. The predicted molar refractivity (Wildman–Crippen MR) is 52.3 cm³/mol. The summed E-state index contributed by atoms with van der Waals surface area (Å²) in [5.41, 5.74) is 0.337. The van der Waals surface area contributed by atoms with Crippen LogP contribution in [0.15, 0.2) is 24.8 Å². The molecule has 1 aromatic carbocycles. The molecule has 0 bridgehead atoms. The SMILES string of the molecule is C=[C]c1cccc(OC(F)(F)F)c1OCC. The normalized spacial score (nSPS) is 11.0. The third-order valence-electron chi connectivity index (χ3n) is 1.68. The second kappa shape index (κ2) is 4.92. The molecule has 0 amide bonds. The zero-order valence-electron chi connectivity index (χ0n) is 8.60. The van der Waals surface area contributed by atoms with E-state index in [2.05, 4.69) is 17.4 Å². The zero-order valence-corrected chi connectivity index (χ0v) is 8.60. The first-order chi connectivity index (χ1) is 7.48. The molecule has 2 nitrogen and oxygen atoms in total. The van der Waals surface area contributed by atoms with Crippen molar-refractivity contribution in [3.63, 3.8) is 0 Å². The summed E-state index contributed by atoms with van der Waals surface area (Å²) < 4.78 is 45.2. The third-order valence-corrected chi connectivity index (χ3v) is 1.68. The maximum Gasteiger partial charge on any atom is 0.573 e. The van der Waals surface area contributed by atoms with Crippen LogP contribution in [-0.4, -0.2) is 13.0 Å². The third kappa shape index (κ3) is 3.18. The minimum Gasteiger partial charge on any atom is -0.489 e. The minimum absolute atomic E-state index is 0.00248. The van der Waals surface area contributed by atoms with Crippen molar-refractivity contribution in [1.29, 1.82) is 0 Å². The van der Waals surface area contributed by atoms with Crippen LogP contribution in [0.3, 0.4) is 0 Å². The van der Waals surface area contributed by atoms with E-state index >= 15 is 0 Å². The molecule has 0 aliphatic carbocycles. The second-order valence-electron chi connectivity index (χ2n) is 2.79. The van der Waals surface area contributed by atoms with Gasteiger partial charge in [-0.15, -0.1) is 13.2 Å². The number of hydrogen-bond acceptors (Lipinski definition) is 2. The van der Waals surface area contributed by atoms with Crippen molar-refractivity contribution in [3.05, 3.63) is 36.4 Å². The van der Waals surface area contributed by atoms with Gasteiger partial charge in [-0.1, -0.05) is 18.7 Å². The molecule has 0 aliphatic rings. The number of rotatable bonds is 4. The van der Waals surface area contributed by atoms with Crippen LogP contribution in [0.1, 0.15) is 12.5 Å². The predicted octanol–water partition coefficient (Wildman–Crippen LogP) is 3.32. The Balaban J connectivity index is 3.11. The molecule has 0 atom stereocenters. The van der Waals surface area contributed by atoms with E-state index in [1.165, 1.54) is 12.1 Å². The Morgan fingerprint density at radius 1 is 1.38 bits per heavy atom. The highest BCUT2D eigenvalue weighted by Crippen LogP contribution is 2.35. The Morgan fingerprint density at radius 3 is 2.56 bits per heavy atom. The number of halogens is 3. The first kappa shape index (κ1) is 12.4. The van der Waals surface area contributed by atoms with Gasteiger partial charge in [-0.2, -0.15) is 0 Å². The quantitative estimate of drug-likeness (QED) is 0.791. The topological polar surface area (TPSA) is 18.5 Å². The maximum absolute atomic E-state index is 12.1. The van der Waals surface area contributed by atoms with Gasteiger partial charge in [-0.3, -0.25) is 0 Å². The van der Waals surface area contributed by atoms with Crippen molar-refractivity contribution in [2.24, 2.45) is 0 Å². The summed E-state index contributed by atoms with van der Waals surface area (Å²) in [4.78, 5) is 0. The first-order valence-corrected chi connectivity index (χ1v) is 4.52. The van der Waals surface area contributed by atoms with E-state index in [1.54, 1.807) is 13.0 Å². The molecule has 0 saturated heterocycles. The number of para-hydroxylation sites is 1. The van der Waals surface area contributed by atoms with E-state index in [-0.39, 0.29) is 18.1 Å². The van der Waals surface area contributed by atoms with E-state index in [1.807, 2.05) is 0 Å². The standard InChI is InChI=1S/C11H10F3O2/c1-3-8-6-5-7-9(10(8)15-4-2)16-11(12,13)14/h5-7H,1,4H2,2H3. The van der Waals surface area contributed by atoms with Crippen LogP contribution < -0.4 is 9.47 Å².